The normalized spacial score (nSPS) is 34.4. The molecule has 0 N–H and O–H groups in total. The first-order chi connectivity index (χ1) is 5.47. The first kappa shape index (κ1) is 7.56. The monoisotopic (exact) mass is 156 g/mol. The Morgan fingerprint density at radius 3 is 2.36 bits per heavy atom. The molecule has 0 radical (unpaired) electrons. The molecule has 1 atom stereocenters. The molecule has 11 heavy (non-hydrogen) atoms. The van der Waals surface area contributed by atoms with Crippen LogP contribution in [0.5, 0.6) is 0 Å². The van der Waals surface area contributed by atoms with E-state index in [2.05, 4.69) is 0 Å². The number of rotatable bonds is 1. The van der Waals surface area contributed by atoms with Crippen LogP contribution in [0, 0.1) is 5.92 Å². The van der Waals surface area contributed by atoms with Gasteiger partial charge in [-0.05, 0) is 18.8 Å². The van der Waals surface area contributed by atoms with E-state index in [0.717, 1.165) is 18.9 Å². The zero-order valence-electron chi connectivity index (χ0n) is 6.92. The molecule has 2 heteroatoms. The molecule has 1 unspecified atom stereocenters. The first-order valence-electron chi connectivity index (χ1n) is 4.75. The smallest absolute Gasteiger partial charge is 0.0981 e. The molecule has 0 aromatic rings. The molecule has 2 rings (SSSR count). The third-order valence-corrected chi connectivity index (χ3v) is 2.85. The van der Waals surface area contributed by atoms with Crippen molar-refractivity contribution in [3.63, 3.8) is 0 Å². The SMILES string of the molecule is C1CCC(C2CCOO2)CC1. The molecule has 2 aliphatic rings. The topological polar surface area (TPSA) is 18.5 Å². The summed E-state index contributed by atoms with van der Waals surface area (Å²) in [6, 6.07) is 0. The lowest BCUT2D eigenvalue weighted by atomic mass is 9.84. The van der Waals surface area contributed by atoms with Gasteiger partial charge in [0.25, 0.3) is 0 Å². The largest absolute Gasteiger partial charge is 0.236 e. The van der Waals surface area contributed by atoms with E-state index in [9.17, 15) is 0 Å². The van der Waals surface area contributed by atoms with Gasteiger partial charge in [-0.25, -0.2) is 9.78 Å². The van der Waals surface area contributed by atoms with Gasteiger partial charge in [-0.15, -0.1) is 0 Å². The van der Waals surface area contributed by atoms with Crippen LogP contribution in [0.15, 0.2) is 0 Å². The second-order valence-electron chi connectivity index (χ2n) is 3.64. The summed E-state index contributed by atoms with van der Waals surface area (Å²) >= 11 is 0. The van der Waals surface area contributed by atoms with Crippen LogP contribution in [0.1, 0.15) is 38.5 Å². The van der Waals surface area contributed by atoms with Crippen molar-refractivity contribution in [3.05, 3.63) is 0 Å². The number of hydrogen-bond acceptors (Lipinski definition) is 2. The third-order valence-electron chi connectivity index (χ3n) is 2.85. The summed E-state index contributed by atoms with van der Waals surface area (Å²) < 4.78 is 0. The van der Waals surface area contributed by atoms with Crippen molar-refractivity contribution < 1.29 is 9.78 Å². The average Bonchev–Trinajstić information content (AvgIpc) is 2.58. The van der Waals surface area contributed by atoms with E-state index in [-0.39, 0.29) is 0 Å². The Morgan fingerprint density at radius 1 is 0.909 bits per heavy atom. The molecule has 1 saturated carbocycles. The second-order valence-corrected chi connectivity index (χ2v) is 3.64. The van der Waals surface area contributed by atoms with Crippen LogP contribution in [-0.2, 0) is 9.78 Å². The molecule has 2 fully saturated rings. The molecular weight excluding hydrogens is 140 g/mol. The molecular formula is C9H16O2. The molecule has 1 aliphatic heterocycles. The van der Waals surface area contributed by atoms with Gasteiger partial charge in [0.15, 0.2) is 0 Å². The summed E-state index contributed by atoms with van der Waals surface area (Å²) in [5.41, 5.74) is 0. The standard InChI is InChI=1S/C9H16O2/c1-2-4-8(5-3-1)9-6-7-10-11-9/h8-9H,1-7H2. The molecule has 1 saturated heterocycles. The fourth-order valence-corrected chi connectivity index (χ4v) is 2.17. The van der Waals surface area contributed by atoms with E-state index >= 15 is 0 Å². The Morgan fingerprint density at radius 2 is 1.73 bits per heavy atom. The van der Waals surface area contributed by atoms with Crippen molar-refractivity contribution >= 4 is 0 Å². The van der Waals surface area contributed by atoms with Gasteiger partial charge in [-0.1, -0.05) is 19.3 Å². The van der Waals surface area contributed by atoms with E-state index in [4.69, 9.17) is 9.78 Å². The molecule has 0 aromatic heterocycles. The Kier molecular flexibility index (Phi) is 2.44. The van der Waals surface area contributed by atoms with Gasteiger partial charge in [0.2, 0.25) is 0 Å². The van der Waals surface area contributed by atoms with Crippen LogP contribution in [-0.4, -0.2) is 12.7 Å². The maximum absolute atomic E-state index is 5.19. The number of hydrogen-bond donors (Lipinski definition) is 0. The second kappa shape index (κ2) is 3.55. The molecule has 0 spiro atoms. The Hall–Kier alpha value is -0.0800. The first-order valence-corrected chi connectivity index (χ1v) is 4.75. The minimum Gasteiger partial charge on any atom is -0.236 e. The highest BCUT2D eigenvalue weighted by Crippen LogP contribution is 2.31. The van der Waals surface area contributed by atoms with Gasteiger partial charge in [-0.2, -0.15) is 0 Å². The van der Waals surface area contributed by atoms with Crippen molar-refractivity contribution in [1.29, 1.82) is 0 Å². The van der Waals surface area contributed by atoms with Gasteiger partial charge in [-0.3, -0.25) is 0 Å². The lowest BCUT2D eigenvalue weighted by Crippen LogP contribution is -2.21. The van der Waals surface area contributed by atoms with Gasteiger partial charge in [0.1, 0.15) is 0 Å². The average molecular weight is 156 g/mol. The summed E-state index contributed by atoms with van der Waals surface area (Å²) in [5.74, 6) is 0.797. The van der Waals surface area contributed by atoms with Gasteiger partial charge in [0, 0.05) is 6.42 Å². The van der Waals surface area contributed by atoms with Crippen molar-refractivity contribution in [3.8, 4) is 0 Å². The van der Waals surface area contributed by atoms with Crippen molar-refractivity contribution in [2.45, 2.75) is 44.6 Å². The lowest BCUT2D eigenvalue weighted by molar-refractivity contribution is -0.284. The van der Waals surface area contributed by atoms with Crippen LogP contribution in [0.3, 0.4) is 0 Å². The minimum absolute atomic E-state index is 0.426. The molecule has 2 nitrogen and oxygen atoms in total. The highest BCUT2D eigenvalue weighted by Gasteiger charge is 2.28. The Labute approximate surface area is 67.8 Å². The summed E-state index contributed by atoms with van der Waals surface area (Å²) in [7, 11) is 0. The predicted octanol–water partition coefficient (Wildman–Crippen LogP) is 2.29. The molecule has 0 aromatic carbocycles. The molecule has 0 bridgehead atoms. The van der Waals surface area contributed by atoms with Crippen molar-refractivity contribution in [2.24, 2.45) is 5.92 Å². The van der Waals surface area contributed by atoms with Gasteiger partial charge in [0.05, 0.1) is 12.7 Å². The fraction of sp³-hybridized carbons (Fsp3) is 1.00. The van der Waals surface area contributed by atoms with E-state index in [1.165, 1.54) is 32.1 Å². The van der Waals surface area contributed by atoms with Gasteiger partial charge >= 0.3 is 0 Å². The maximum atomic E-state index is 5.19. The summed E-state index contributed by atoms with van der Waals surface area (Å²) in [5, 5.41) is 0. The highest BCUT2D eigenvalue weighted by molar-refractivity contribution is 4.74. The zero-order valence-corrected chi connectivity index (χ0v) is 6.92. The maximum Gasteiger partial charge on any atom is 0.0981 e. The fourth-order valence-electron chi connectivity index (χ4n) is 2.17. The molecule has 1 aliphatic carbocycles. The summed E-state index contributed by atoms with van der Waals surface area (Å²) in [6.45, 7) is 0.807. The highest BCUT2D eigenvalue weighted by atomic mass is 17.2. The van der Waals surface area contributed by atoms with E-state index < -0.39 is 0 Å². The Balaban J connectivity index is 1.82. The van der Waals surface area contributed by atoms with Crippen LogP contribution in [0.2, 0.25) is 0 Å². The van der Waals surface area contributed by atoms with Crippen LogP contribution in [0.25, 0.3) is 0 Å². The molecule has 64 valence electrons. The lowest BCUT2D eigenvalue weighted by Gasteiger charge is -2.24. The summed E-state index contributed by atoms with van der Waals surface area (Å²) in [4.78, 5) is 10.1. The quantitative estimate of drug-likeness (QED) is 0.542. The van der Waals surface area contributed by atoms with Crippen molar-refractivity contribution in [2.75, 3.05) is 6.61 Å². The van der Waals surface area contributed by atoms with E-state index in [1.807, 2.05) is 0 Å². The van der Waals surface area contributed by atoms with E-state index in [1.54, 1.807) is 0 Å². The van der Waals surface area contributed by atoms with Crippen LogP contribution < -0.4 is 0 Å². The summed E-state index contributed by atoms with van der Waals surface area (Å²) in [6.07, 6.45) is 8.46. The minimum atomic E-state index is 0.426. The molecule has 1 heterocycles. The van der Waals surface area contributed by atoms with Crippen LogP contribution >= 0.6 is 0 Å². The van der Waals surface area contributed by atoms with Crippen molar-refractivity contribution in [1.82, 2.24) is 0 Å². The van der Waals surface area contributed by atoms with Gasteiger partial charge < -0.3 is 0 Å². The van der Waals surface area contributed by atoms with Crippen LogP contribution in [0.4, 0.5) is 0 Å². The predicted molar refractivity (Wildman–Crippen MR) is 42.0 cm³/mol. The third kappa shape index (κ3) is 1.74. The molecule has 0 amide bonds. The van der Waals surface area contributed by atoms with E-state index in [0.29, 0.717) is 6.10 Å². The Bertz CT molecular complexity index is 113. The zero-order chi connectivity index (χ0) is 7.52.